The Morgan fingerprint density at radius 3 is 2.41 bits per heavy atom. The van der Waals surface area contributed by atoms with Gasteiger partial charge in [-0.15, -0.1) is 0 Å². The molecule has 2 unspecified atom stereocenters. The van der Waals surface area contributed by atoms with Gasteiger partial charge in [0.15, 0.2) is 12.5 Å². The third-order valence-electron chi connectivity index (χ3n) is 4.28. The SMILES string of the molecule is CC(O)C(NC(C)(C)C)Oc1ccc(-n2ccc3c(C=O)cccc32)cc1. The second kappa shape index (κ2) is 7.55. The molecule has 142 valence electrons. The fourth-order valence-corrected chi connectivity index (χ4v) is 3.03. The monoisotopic (exact) mass is 366 g/mol. The van der Waals surface area contributed by atoms with E-state index in [4.69, 9.17) is 4.74 Å². The summed E-state index contributed by atoms with van der Waals surface area (Å²) in [6, 6.07) is 15.3. The molecule has 0 saturated heterocycles. The van der Waals surface area contributed by atoms with Gasteiger partial charge in [-0.05, 0) is 64.1 Å². The molecule has 2 atom stereocenters. The topological polar surface area (TPSA) is 63.5 Å². The number of carbonyl (C=O) groups excluding carboxylic acids is 1. The number of carbonyl (C=O) groups is 1. The summed E-state index contributed by atoms with van der Waals surface area (Å²) in [6.07, 6.45) is 1.67. The fourth-order valence-electron chi connectivity index (χ4n) is 3.03. The zero-order valence-electron chi connectivity index (χ0n) is 16.1. The minimum atomic E-state index is -0.654. The number of nitrogens with one attached hydrogen (secondary N) is 1. The van der Waals surface area contributed by atoms with Crippen molar-refractivity contribution in [1.82, 2.24) is 9.88 Å². The maximum absolute atomic E-state index is 11.2. The molecular weight excluding hydrogens is 340 g/mol. The van der Waals surface area contributed by atoms with Crippen LogP contribution in [0.1, 0.15) is 38.1 Å². The predicted octanol–water partition coefficient (Wildman–Crippen LogP) is 3.92. The minimum Gasteiger partial charge on any atom is -0.473 e. The molecule has 0 saturated carbocycles. The van der Waals surface area contributed by atoms with E-state index in [1.165, 1.54) is 0 Å². The van der Waals surface area contributed by atoms with Crippen molar-refractivity contribution in [2.24, 2.45) is 0 Å². The molecule has 1 heterocycles. The lowest BCUT2D eigenvalue weighted by molar-refractivity contribution is 0.0113. The van der Waals surface area contributed by atoms with Gasteiger partial charge in [-0.2, -0.15) is 0 Å². The second-order valence-electron chi connectivity index (χ2n) is 7.75. The molecule has 5 heteroatoms. The van der Waals surface area contributed by atoms with Crippen LogP contribution in [0.25, 0.3) is 16.6 Å². The third-order valence-corrected chi connectivity index (χ3v) is 4.28. The Hall–Kier alpha value is -2.63. The average molecular weight is 366 g/mol. The zero-order chi connectivity index (χ0) is 19.6. The van der Waals surface area contributed by atoms with Gasteiger partial charge in [0.05, 0.1) is 5.52 Å². The number of nitrogens with zero attached hydrogens (tertiary/aromatic N) is 1. The third kappa shape index (κ3) is 4.38. The molecule has 3 aromatic rings. The molecule has 0 amide bonds. The summed E-state index contributed by atoms with van der Waals surface area (Å²) >= 11 is 0. The van der Waals surface area contributed by atoms with Crippen LogP contribution in [0.2, 0.25) is 0 Å². The van der Waals surface area contributed by atoms with Crippen LogP contribution in [0.15, 0.2) is 54.7 Å². The Balaban J connectivity index is 1.84. The smallest absolute Gasteiger partial charge is 0.176 e. The van der Waals surface area contributed by atoms with Crippen LogP contribution in [0.4, 0.5) is 0 Å². The van der Waals surface area contributed by atoms with Crippen LogP contribution in [-0.4, -0.2) is 33.8 Å². The molecule has 2 N–H and O–H groups in total. The van der Waals surface area contributed by atoms with Gasteiger partial charge in [0.1, 0.15) is 11.9 Å². The molecule has 5 nitrogen and oxygen atoms in total. The van der Waals surface area contributed by atoms with Crippen molar-refractivity contribution >= 4 is 17.2 Å². The van der Waals surface area contributed by atoms with Gasteiger partial charge < -0.3 is 14.4 Å². The average Bonchev–Trinajstić information content (AvgIpc) is 3.04. The van der Waals surface area contributed by atoms with Crippen molar-refractivity contribution in [2.75, 3.05) is 0 Å². The highest BCUT2D eigenvalue weighted by Crippen LogP contribution is 2.24. The van der Waals surface area contributed by atoms with E-state index in [9.17, 15) is 9.90 Å². The molecule has 1 aromatic heterocycles. The summed E-state index contributed by atoms with van der Waals surface area (Å²) in [7, 11) is 0. The van der Waals surface area contributed by atoms with Crippen LogP contribution in [-0.2, 0) is 0 Å². The van der Waals surface area contributed by atoms with Crippen molar-refractivity contribution in [1.29, 1.82) is 0 Å². The summed E-state index contributed by atoms with van der Waals surface area (Å²) in [6.45, 7) is 7.78. The van der Waals surface area contributed by atoms with Crippen LogP contribution in [0.3, 0.4) is 0 Å². The van der Waals surface area contributed by atoms with E-state index in [0.29, 0.717) is 11.3 Å². The molecule has 3 rings (SSSR count). The maximum atomic E-state index is 11.2. The van der Waals surface area contributed by atoms with Gasteiger partial charge >= 0.3 is 0 Å². The molecule has 0 aliphatic carbocycles. The normalized spacial score (nSPS) is 14.1. The number of aliphatic hydroxyl groups is 1. The first-order chi connectivity index (χ1) is 12.8. The summed E-state index contributed by atoms with van der Waals surface area (Å²) < 4.78 is 7.96. The van der Waals surface area contributed by atoms with E-state index in [2.05, 4.69) is 5.32 Å². The number of fused-ring (bicyclic) bond motifs is 1. The lowest BCUT2D eigenvalue weighted by atomic mass is 10.1. The summed E-state index contributed by atoms with van der Waals surface area (Å²) in [5.74, 6) is 0.673. The number of rotatable bonds is 6. The standard InChI is InChI=1S/C22H26N2O3/c1-15(26)21(23-22(2,3)4)27-18-10-8-17(9-11-18)24-13-12-19-16(14-25)6-5-7-20(19)24/h5-15,21,23,26H,1-4H3. The van der Waals surface area contributed by atoms with Crippen LogP contribution >= 0.6 is 0 Å². The lowest BCUT2D eigenvalue weighted by Crippen LogP contribution is -2.51. The Labute approximate surface area is 159 Å². The first kappa shape index (κ1) is 19.1. The fraction of sp³-hybridized carbons (Fsp3) is 0.318. The molecule has 0 radical (unpaired) electrons. The van der Waals surface area contributed by atoms with E-state index in [1.807, 2.05) is 80.1 Å². The molecular formula is C22H26N2O3. The first-order valence-electron chi connectivity index (χ1n) is 9.06. The molecule has 0 bridgehead atoms. The van der Waals surface area contributed by atoms with Crippen LogP contribution < -0.4 is 10.1 Å². The highest BCUT2D eigenvalue weighted by Gasteiger charge is 2.22. The van der Waals surface area contributed by atoms with E-state index in [1.54, 1.807) is 6.92 Å². The molecule has 0 aliphatic heterocycles. The van der Waals surface area contributed by atoms with Crippen molar-refractivity contribution in [3.05, 3.63) is 60.3 Å². The summed E-state index contributed by atoms with van der Waals surface area (Å²) in [4.78, 5) is 11.2. The van der Waals surface area contributed by atoms with E-state index in [-0.39, 0.29) is 5.54 Å². The first-order valence-corrected chi connectivity index (χ1v) is 9.06. The Morgan fingerprint density at radius 2 is 1.81 bits per heavy atom. The number of aliphatic hydroxyl groups excluding tert-OH is 1. The van der Waals surface area contributed by atoms with Gasteiger partial charge in [-0.3, -0.25) is 10.1 Å². The maximum Gasteiger partial charge on any atom is 0.176 e. The highest BCUT2D eigenvalue weighted by molar-refractivity contribution is 5.97. The van der Waals surface area contributed by atoms with E-state index >= 15 is 0 Å². The summed E-state index contributed by atoms with van der Waals surface area (Å²) in [5, 5.41) is 14.2. The molecule has 0 spiro atoms. The lowest BCUT2D eigenvalue weighted by Gasteiger charge is -2.30. The largest absolute Gasteiger partial charge is 0.473 e. The van der Waals surface area contributed by atoms with Crippen molar-refractivity contribution in [3.63, 3.8) is 0 Å². The van der Waals surface area contributed by atoms with Gasteiger partial charge in [0.2, 0.25) is 0 Å². The van der Waals surface area contributed by atoms with Crippen molar-refractivity contribution in [2.45, 2.75) is 45.6 Å². The van der Waals surface area contributed by atoms with E-state index in [0.717, 1.165) is 22.9 Å². The van der Waals surface area contributed by atoms with Gasteiger partial charge in [0, 0.05) is 28.4 Å². The van der Waals surface area contributed by atoms with E-state index < -0.39 is 12.3 Å². The van der Waals surface area contributed by atoms with Crippen molar-refractivity contribution in [3.8, 4) is 11.4 Å². The van der Waals surface area contributed by atoms with Gasteiger partial charge in [0.25, 0.3) is 0 Å². The number of aldehydes is 1. The van der Waals surface area contributed by atoms with Crippen LogP contribution in [0.5, 0.6) is 5.75 Å². The molecule has 2 aromatic carbocycles. The minimum absolute atomic E-state index is 0.179. The Kier molecular flexibility index (Phi) is 5.35. The zero-order valence-corrected chi connectivity index (χ0v) is 16.1. The predicted molar refractivity (Wildman–Crippen MR) is 108 cm³/mol. The quantitative estimate of drug-likeness (QED) is 0.513. The molecule has 0 aliphatic rings. The molecule has 27 heavy (non-hydrogen) atoms. The van der Waals surface area contributed by atoms with Gasteiger partial charge in [-0.25, -0.2) is 0 Å². The Morgan fingerprint density at radius 1 is 1.11 bits per heavy atom. The number of hydrogen-bond acceptors (Lipinski definition) is 4. The van der Waals surface area contributed by atoms with Crippen molar-refractivity contribution < 1.29 is 14.6 Å². The number of hydrogen-bond donors (Lipinski definition) is 2. The van der Waals surface area contributed by atoms with Gasteiger partial charge in [-0.1, -0.05) is 12.1 Å². The molecule has 0 fully saturated rings. The summed E-state index contributed by atoms with van der Waals surface area (Å²) in [5.41, 5.74) is 2.45. The highest BCUT2D eigenvalue weighted by atomic mass is 16.5. The van der Waals surface area contributed by atoms with Crippen LogP contribution in [0, 0.1) is 0 Å². The number of ether oxygens (including phenoxy) is 1. The second-order valence-corrected chi connectivity index (χ2v) is 7.75. The number of aromatic nitrogens is 1. The number of benzene rings is 2. The Bertz CT molecular complexity index is 921.